The second kappa shape index (κ2) is 8.54. The Morgan fingerprint density at radius 3 is 2.50 bits per heavy atom. The van der Waals surface area contributed by atoms with Crippen molar-refractivity contribution in [1.29, 1.82) is 0 Å². The number of anilines is 2. The van der Waals surface area contributed by atoms with Gasteiger partial charge in [-0.3, -0.25) is 0 Å². The summed E-state index contributed by atoms with van der Waals surface area (Å²) in [6, 6.07) is 17.0. The van der Waals surface area contributed by atoms with E-state index >= 15 is 0 Å². The molecule has 1 fully saturated rings. The second-order valence-corrected chi connectivity index (χ2v) is 8.30. The van der Waals surface area contributed by atoms with E-state index in [1.165, 1.54) is 22.4 Å². The lowest BCUT2D eigenvalue weighted by Gasteiger charge is -2.37. The standard InChI is InChI=1S/C26H29N5O/c1-4-32-25-8-6-5-7-23(25)29-13-15-30(16-14-29)26-24-18-22(28-31(24)12-11-27-26)21-10-9-19(2)17-20(21)3/h5-12,17-18H,4,13-16H2,1-3H3. The van der Waals surface area contributed by atoms with E-state index in [-0.39, 0.29) is 0 Å². The van der Waals surface area contributed by atoms with Gasteiger partial charge in [-0.25, -0.2) is 9.50 Å². The Morgan fingerprint density at radius 1 is 0.938 bits per heavy atom. The lowest BCUT2D eigenvalue weighted by molar-refractivity contribution is 0.340. The molecule has 4 aromatic rings. The van der Waals surface area contributed by atoms with Crippen molar-refractivity contribution in [1.82, 2.24) is 14.6 Å². The lowest BCUT2D eigenvalue weighted by Crippen LogP contribution is -2.47. The van der Waals surface area contributed by atoms with Gasteiger partial charge in [0.25, 0.3) is 0 Å². The van der Waals surface area contributed by atoms with Crippen molar-refractivity contribution < 1.29 is 4.74 Å². The van der Waals surface area contributed by atoms with Gasteiger partial charge in [0.05, 0.1) is 18.0 Å². The zero-order chi connectivity index (χ0) is 22.1. The van der Waals surface area contributed by atoms with Crippen molar-refractivity contribution in [3.8, 4) is 17.0 Å². The number of hydrogen-bond acceptors (Lipinski definition) is 5. The number of ether oxygens (including phenoxy) is 1. The highest BCUT2D eigenvalue weighted by molar-refractivity contribution is 5.76. The number of benzene rings is 2. The third kappa shape index (κ3) is 3.77. The van der Waals surface area contributed by atoms with Gasteiger partial charge in [-0.2, -0.15) is 5.10 Å². The number of piperazine rings is 1. The third-order valence-corrected chi connectivity index (χ3v) is 6.11. The Labute approximate surface area is 189 Å². The molecule has 1 saturated heterocycles. The van der Waals surface area contributed by atoms with Crippen LogP contribution in [0.3, 0.4) is 0 Å². The number of rotatable bonds is 5. The van der Waals surface area contributed by atoms with Crippen LogP contribution in [0.5, 0.6) is 5.75 Å². The number of para-hydroxylation sites is 2. The van der Waals surface area contributed by atoms with Crippen molar-refractivity contribution >= 4 is 17.0 Å². The fourth-order valence-electron chi connectivity index (χ4n) is 4.54. The molecule has 0 N–H and O–H groups in total. The van der Waals surface area contributed by atoms with Crippen molar-refractivity contribution in [2.45, 2.75) is 20.8 Å². The molecule has 1 aliphatic rings. The molecule has 1 aliphatic heterocycles. The molecule has 6 heteroatoms. The zero-order valence-corrected chi connectivity index (χ0v) is 19.0. The molecule has 0 spiro atoms. The average molecular weight is 428 g/mol. The van der Waals surface area contributed by atoms with E-state index in [0.717, 1.165) is 49.0 Å². The number of aromatic nitrogens is 3. The Balaban J connectivity index is 1.40. The first-order valence-corrected chi connectivity index (χ1v) is 11.3. The van der Waals surface area contributed by atoms with Gasteiger partial charge in [0.1, 0.15) is 11.3 Å². The average Bonchev–Trinajstić information content (AvgIpc) is 3.24. The maximum Gasteiger partial charge on any atom is 0.154 e. The molecular formula is C26H29N5O. The van der Waals surface area contributed by atoms with Crippen LogP contribution in [-0.2, 0) is 0 Å². The van der Waals surface area contributed by atoms with E-state index < -0.39 is 0 Å². The van der Waals surface area contributed by atoms with Gasteiger partial charge in [-0.1, -0.05) is 35.9 Å². The van der Waals surface area contributed by atoms with Crippen LogP contribution in [0.15, 0.2) is 60.9 Å². The summed E-state index contributed by atoms with van der Waals surface area (Å²) in [5.41, 5.74) is 6.88. The summed E-state index contributed by atoms with van der Waals surface area (Å²) in [6.45, 7) is 10.6. The minimum atomic E-state index is 0.674. The fraction of sp³-hybridized carbons (Fsp3) is 0.308. The van der Waals surface area contributed by atoms with Crippen molar-refractivity contribution in [3.63, 3.8) is 0 Å². The van der Waals surface area contributed by atoms with E-state index in [4.69, 9.17) is 14.8 Å². The normalized spacial score (nSPS) is 14.2. The zero-order valence-electron chi connectivity index (χ0n) is 19.0. The van der Waals surface area contributed by atoms with Crippen LogP contribution in [-0.4, -0.2) is 47.4 Å². The predicted octanol–water partition coefficient (Wildman–Crippen LogP) is 4.74. The van der Waals surface area contributed by atoms with Crippen LogP contribution in [0.4, 0.5) is 11.5 Å². The molecule has 0 atom stereocenters. The van der Waals surface area contributed by atoms with Gasteiger partial charge in [-0.05, 0) is 44.5 Å². The summed E-state index contributed by atoms with van der Waals surface area (Å²) in [5.74, 6) is 1.95. The minimum absolute atomic E-state index is 0.674. The Bertz CT molecular complexity index is 1240. The number of hydrogen-bond donors (Lipinski definition) is 0. The molecule has 164 valence electrons. The summed E-state index contributed by atoms with van der Waals surface area (Å²) in [7, 11) is 0. The molecule has 0 saturated carbocycles. The van der Waals surface area contributed by atoms with Gasteiger partial charge >= 0.3 is 0 Å². The van der Waals surface area contributed by atoms with Gasteiger partial charge in [0.2, 0.25) is 0 Å². The summed E-state index contributed by atoms with van der Waals surface area (Å²) >= 11 is 0. The molecular weight excluding hydrogens is 398 g/mol. The van der Waals surface area contributed by atoms with Gasteiger partial charge < -0.3 is 14.5 Å². The minimum Gasteiger partial charge on any atom is -0.492 e. The molecule has 0 aliphatic carbocycles. The smallest absolute Gasteiger partial charge is 0.154 e. The van der Waals surface area contributed by atoms with Crippen LogP contribution in [0.25, 0.3) is 16.8 Å². The second-order valence-electron chi connectivity index (χ2n) is 8.30. The summed E-state index contributed by atoms with van der Waals surface area (Å²) in [4.78, 5) is 9.51. The molecule has 0 amide bonds. The maximum atomic E-state index is 5.84. The van der Waals surface area contributed by atoms with Crippen molar-refractivity contribution in [2.24, 2.45) is 0 Å². The number of aryl methyl sites for hydroxylation is 2. The molecule has 0 radical (unpaired) electrons. The first kappa shape index (κ1) is 20.4. The molecule has 2 aromatic heterocycles. The highest BCUT2D eigenvalue weighted by Crippen LogP contribution is 2.31. The predicted molar refractivity (Wildman–Crippen MR) is 130 cm³/mol. The molecule has 6 nitrogen and oxygen atoms in total. The highest BCUT2D eigenvalue weighted by Gasteiger charge is 2.23. The van der Waals surface area contributed by atoms with Gasteiger partial charge in [-0.15, -0.1) is 0 Å². The summed E-state index contributed by atoms with van der Waals surface area (Å²) in [6.07, 6.45) is 3.78. The first-order chi connectivity index (χ1) is 15.6. The van der Waals surface area contributed by atoms with Crippen molar-refractivity contribution in [2.75, 3.05) is 42.6 Å². The molecule has 2 aromatic carbocycles. The molecule has 5 rings (SSSR count). The van der Waals surface area contributed by atoms with E-state index in [1.54, 1.807) is 0 Å². The lowest BCUT2D eigenvalue weighted by atomic mass is 10.0. The van der Waals surface area contributed by atoms with Gasteiger partial charge in [0, 0.05) is 44.1 Å². The molecule has 32 heavy (non-hydrogen) atoms. The monoisotopic (exact) mass is 427 g/mol. The summed E-state index contributed by atoms with van der Waals surface area (Å²) < 4.78 is 7.79. The SMILES string of the molecule is CCOc1ccccc1N1CCN(c2nccn3nc(-c4ccc(C)cc4C)cc23)CC1. The number of nitrogens with zero attached hydrogens (tertiary/aromatic N) is 5. The van der Waals surface area contributed by atoms with E-state index in [9.17, 15) is 0 Å². The maximum absolute atomic E-state index is 5.84. The molecule has 3 heterocycles. The van der Waals surface area contributed by atoms with Crippen LogP contribution in [0.2, 0.25) is 0 Å². The quantitative estimate of drug-likeness (QED) is 0.460. The van der Waals surface area contributed by atoms with Crippen LogP contribution in [0.1, 0.15) is 18.1 Å². The van der Waals surface area contributed by atoms with Crippen LogP contribution >= 0.6 is 0 Å². The van der Waals surface area contributed by atoms with E-state index in [1.807, 2.05) is 36.0 Å². The van der Waals surface area contributed by atoms with E-state index in [2.05, 4.69) is 60.0 Å². The summed E-state index contributed by atoms with van der Waals surface area (Å²) in [5, 5.41) is 4.85. The fourth-order valence-corrected chi connectivity index (χ4v) is 4.54. The molecule has 0 unspecified atom stereocenters. The topological polar surface area (TPSA) is 45.9 Å². The first-order valence-electron chi connectivity index (χ1n) is 11.3. The molecule has 0 bridgehead atoms. The van der Waals surface area contributed by atoms with Gasteiger partial charge in [0.15, 0.2) is 5.82 Å². The van der Waals surface area contributed by atoms with Crippen LogP contribution < -0.4 is 14.5 Å². The largest absolute Gasteiger partial charge is 0.492 e. The Morgan fingerprint density at radius 2 is 1.72 bits per heavy atom. The Kier molecular flexibility index (Phi) is 5.43. The van der Waals surface area contributed by atoms with Crippen LogP contribution in [0, 0.1) is 13.8 Å². The highest BCUT2D eigenvalue weighted by atomic mass is 16.5. The third-order valence-electron chi connectivity index (χ3n) is 6.11. The Hall–Kier alpha value is -3.54. The number of fused-ring (bicyclic) bond motifs is 1. The van der Waals surface area contributed by atoms with E-state index in [0.29, 0.717) is 6.61 Å². The van der Waals surface area contributed by atoms with Crippen molar-refractivity contribution in [3.05, 3.63) is 72.1 Å².